The van der Waals surface area contributed by atoms with E-state index in [1.54, 1.807) is 36.4 Å². The summed E-state index contributed by atoms with van der Waals surface area (Å²) in [5.74, 6) is -0.363. The molecule has 168 valence electrons. The summed E-state index contributed by atoms with van der Waals surface area (Å²) in [6.45, 7) is 7.43. The average Bonchev–Trinajstić information content (AvgIpc) is 2.79. The summed E-state index contributed by atoms with van der Waals surface area (Å²) >= 11 is 0. The first-order valence-corrected chi connectivity index (χ1v) is 12.2. The predicted octanol–water partition coefficient (Wildman–Crippen LogP) is 4.94. The number of hydrogen-bond acceptors (Lipinski definition) is 3. The first-order chi connectivity index (χ1) is 15.2. The topological polar surface area (TPSA) is 66.5 Å². The molecule has 0 saturated heterocycles. The predicted molar refractivity (Wildman–Crippen MR) is 129 cm³/mol. The number of benzene rings is 3. The second-order valence-corrected chi connectivity index (χ2v) is 9.86. The molecule has 0 aliphatic rings. The highest BCUT2D eigenvalue weighted by Crippen LogP contribution is 2.28. The molecule has 0 unspecified atom stereocenters. The fourth-order valence-corrected chi connectivity index (χ4v) is 5.05. The average molecular weight is 451 g/mol. The van der Waals surface area contributed by atoms with Crippen LogP contribution in [0.2, 0.25) is 0 Å². The van der Waals surface area contributed by atoms with E-state index in [1.165, 1.54) is 9.87 Å². The summed E-state index contributed by atoms with van der Waals surface area (Å²) in [5, 5.41) is 2.95. The molecule has 0 aromatic heterocycles. The molecule has 3 aromatic rings. The second kappa shape index (κ2) is 10.0. The van der Waals surface area contributed by atoms with E-state index in [1.807, 2.05) is 57.2 Å². The third kappa shape index (κ3) is 5.37. The van der Waals surface area contributed by atoms with Gasteiger partial charge in [-0.05, 0) is 67.6 Å². The van der Waals surface area contributed by atoms with Crippen LogP contribution in [0.15, 0.2) is 77.7 Å². The van der Waals surface area contributed by atoms with Crippen LogP contribution in [0.1, 0.15) is 42.1 Å². The van der Waals surface area contributed by atoms with Gasteiger partial charge < -0.3 is 5.32 Å². The van der Waals surface area contributed by atoms with Gasteiger partial charge in [0.15, 0.2) is 0 Å². The Morgan fingerprint density at radius 2 is 1.62 bits per heavy atom. The molecule has 0 spiro atoms. The maximum Gasteiger partial charge on any atom is 0.264 e. The zero-order valence-corrected chi connectivity index (χ0v) is 19.8. The molecule has 1 N–H and O–H groups in total. The highest BCUT2D eigenvalue weighted by atomic mass is 32.2. The minimum atomic E-state index is -3.93. The van der Waals surface area contributed by atoms with E-state index in [2.05, 4.69) is 12.2 Å². The van der Waals surface area contributed by atoms with Crippen molar-refractivity contribution in [2.75, 3.05) is 10.8 Å². The normalized spacial score (nSPS) is 12.2. The molecule has 1 amide bonds. The van der Waals surface area contributed by atoms with Crippen LogP contribution >= 0.6 is 0 Å². The lowest BCUT2D eigenvalue weighted by molar-refractivity contribution is -0.120. The number of hydrogen-bond donors (Lipinski definition) is 1. The highest BCUT2D eigenvalue weighted by Gasteiger charge is 2.28. The number of aryl methyl sites for hydroxylation is 3. The van der Waals surface area contributed by atoms with Gasteiger partial charge in [0, 0.05) is 0 Å². The molecule has 0 aliphatic heterocycles. The molecular weight excluding hydrogens is 420 g/mol. The molecule has 0 fully saturated rings. The van der Waals surface area contributed by atoms with E-state index in [-0.39, 0.29) is 23.4 Å². The van der Waals surface area contributed by atoms with E-state index in [0.717, 1.165) is 23.1 Å². The molecule has 0 aliphatic carbocycles. The number of carbonyl (C=O) groups is 1. The second-order valence-electron chi connectivity index (χ2n) is 8.00. The van der Waals surface area contributed by atoms with Crippen molar-refractivity contribution in [1.29, 1.82) is 0 Å². The Hall–Kier alpha value is -3.12. The number of rotatable bonds is 8. The van der Waals surface area contributed by atoms with Gasteiger partial charge in [0.2, 0.25) is 5.91 Å². The van der Waals surface area contributed by atoms with E-state index in [0.29, 0.717) is 5.69 Å². The van der Waals surface area contributed by atoms with E-state index < -0.39 is 10.0 Å². The number of carbonyl (C=O) groups excluding carboxylic acids is 1. The van der Waals surface area contributed by atoms with Crippen molar-refractivity contribution in [3.63, 3.8) is 0 Å². The van der Waals surface area contributed by atoms with Crippen LogP contribution in [0.25, 0.3) is 0 Å². The fourth-order valence-electron chi connectivity index (χ4n) is 3.55. The van der Waals surface area contributed by atoms with Gasteiger partial charge in [-0.1, -0.05) is 61.5 Å². The van der Waals surface area contributed by atoms with Gasteiger partial charge in [0.25, 0.3) is 10.0 Å². The van der Waals surface area contributed by atoms with Crippen molar-refractivity contribution >= 4 is 21.6 Å². The summed E-state index contributed by atoms with van der Waals surface area (Å²) in [4.78, 5) is 13.1. The number of nitrogens with zero attached hydrogens (tertiary/aromatic N) is 1. The SMILES string of the molecule is CCc1ccc([C@@H](C)NC(=O)CN(c2cc(C)ccc2C)S(=O)(=O)c2ccccc2)cc1. The van der Waals surface area contributed by atoms with E-state index >= 15 is 0 Å². The van der Waals surface area contributed by atoms with Crippen LogP contribution in [-0.4, -0.2) is 20.9 Å². The van der Waals surface area contributed by atoms with Crippen LogP contribution < -0.4 is 9.62 Å². The Morgan fingerprint density at radius 1 is 0.969 bits per heavy atom. The lowest BCUT2D eigenvalue weighted by atomic mass is 10.1. The number of sulfonamides is 1. The minimum Gasteiger partial charge on any atom is -0.348 e. The molecule has 1 atom stereocenters. The van der Waals surface area contributed by atoms with Crippen LogP contribution in [0.4, 0.5) is 5.69 Å². The molecule has 5 nitrogen and oxygen atoms in total. The standard InChI is InChI=1S/C26H30N2O3S/c1-5-22-13-15-23(16-14-22)21(4)27-26(29)18-28(25-17-19(2)11-12-20(25)3)32(30,31)24-9-7-6-8-10-24/h6-17,21H,5,18H2,1-4H3,(H,27,29)/t21-/m1/s1. The smallest absolute Gasteiger partial charge is 0.264 e. The highest BCUT2D eigenvalue weighted by molar-refractivity contribution is 7.92. The molecule has 32 heavy (non-hydrogen) atoms. The molecule has 3 rings (SSSR count). The first kappa shape index (κ1) is 23.5. The van der Waals surface area contributed by atoms with Crippen LogP contribution in [0, 0.1) is 13.8 Å². The third-order valence-electron chi connectivity index (χ3n) is 5.52. The zero-order chi connectivity index (χ0) is 23.3. The molecule has 0 bridgehead atoms. The Kier molecular flexibility index (Phi) is 7.36. The van der Waals surface area contributed by atoms with Crippen molar-refractivity contribution in [2.24, 2.45) is 0 Å². The molecular formula is C26H30N2O3S. The maximum absolute atomic E-state index is 13.5. The Bertz CT molecular complexity index is 1170. The van der Waals surface area contributed by atoms with Crippen molar-refractivity contribution < 1.29 is 13.2 Å². The lowest BCUT2D eigenvalue weighted by Gasteiger charge is -2.27. The summed E-state index contributed by atoms with van der Waals surface area (Å²) < 4.78 is 28.2. The fraction of sp³-hybridized carbons (Fsp3) is 0.269. The van der Waals surface area contributed by atoms with E-state index in [4.69, 9.17) is 0 Å². The summed E-state index contributed by atoms with van der Waals surface area (Å²) in [7, 11) is -3.93. The molecule has 0 saturated carbocycles. The minimum absolute atomic E-state index is 0.150. The van der Waals surface area contributed by atoms with Crippen LogP contribution in [0.3, 0.4) is 0 Å². The first-order valence-electron chi connectivity index (χ1n) is 10.8. The van der Waals surface area contributed by atoms with Crippen molar-refractivity contribution in [1.82, 2.24) is 5.32 Å². The van der Waals surface area contributed by atoms with Gasteiger partial charge in [-0.2, -0.15) is 0 Å². The molecule has 3 aromatic carbocycles. The van der Waals surface area contributed by atoms with Crippen LogP contribution in [0.5, 0.6) is 0 Å². The van der Waals surface area contributed by atoms with Gasteiger partial charge in [0.05, 0.1) is 16.6 Å². The quantitative estimate of drug-likeness (QED) is 0.529. The zero-order valence-electron chi connectivity index (χ0n) is 19.0. The monoisotopic (exact) mass is 450 g/mol. The van der Waals surface area contributed by atoms with E-state index in [9.17, 15) is 13.2 Å². The van der Waals surface area contributed by atoms with Gasteiger partial charge >= 0.3 is 0 Å². The Labute approximate surface area is 191 Å². The van der Waals surface area contributed by atoms with Crippen molar-refractivity contribution in [3.8, 4) is 0 Å². The number of nitrogens with one attached hydrogen (secondary N) is 1. The van der Waals surface area contributed by atoms with Gasteiger partial charge in [0.1, 0.15) is 6.54 Å². The maximum atomic E-state index is 13.5. The van der Waals surface area contributed by atoms with Gasteiger partial charge in [-0.3, -0.25) is 9.10 Å². The molecule has 6 heteroatoms. The molecule has 0 heterocycles. The van der Waals surface area contributed by atoms with Crippen LogP contribution in [-0.2, 0) is 21.2 Å². The number of anilines is 1. The summed E-state index contributed by atoms with van der Waals surface area (Å²) in [5.41, 5.74) is 4.40. The Morgan fingerprint density at radius 3 is 2.25 bits per heavy atom. The molecule has 0 radical (unpaired) electrons. The summed E-state index contributed by atoms with van der Waals surface area (Å²) in [6, 6.07) is 21.6. The summed E-state index contributed by atoms with van der Waals surface area (Å²) in [6.07, 6.45) is 0.948. The van der Waals surface area contributed by atoms with Gasteiger partial charge in [-0.25, -0.2) is 8.42 Å². The van der Waals surface area contributed by atoms with Crippen molar-refractivity contribution in [2.45, 2.75) is 45.1 Å². The number of amides is 1. The Balaban J connectivity index is 1.90. The largest absolute Gasteiger partial charge is 0.348 e. The lowest BCUT2D eigenvalue weighted by Crippen LogP contribution is -2.42. The third-order valence-corrected chi connectivity index (χ3v) is 7.29. The van der Waals surface area contributed by atoms with Crippen molar-refractivity contribution in [3.05, 3.63) is 95.1 Å². The van der Waals surface area contributed by atoms with Gasteiger partial charge in [-0.15, -0.1) is 0 Å².